The molecule has 1 aliphatic heterocycles. The second kappa shape index (κ2) is 5.04. The van der Waals surface area contributed by atoms with Gasteiger partial charge in [-0.2, -0.15) is 0 Å². The predicted molar refractivity (Wildman–Crippen MR) is 66.7 cm³/mol. The minimum absolute atomic E-state index is 0.171. The summed E-state index contributed by atoms with van der Waals surface area (Å²) in [5.41, 5.74) is -0.536. The van der Waals surface area contributed by atoms with Gasteiger partial charge in [0, 0.05) is 13.1 Å². The van der Waals surface area contributed by atoms with Gasteiger partial charge in [-0.1, -0.05) is 12.1 Å². The van der Waals surface area contributed by atoms with E-state index in [2.05, 4.69) is 5.32 Å². The van der Waals surface area contributed by atoms with E-state index in [1.54, 1.807) is 19.1 Å². The van der Waals surface area contributed by atoms with Gasteiger partial charge in [-0.3, -0.25) is 9.69 Å². The van der Waals surface area contributed by atoms with Crippen molar-refractivity contribution in [3.8, 4) is 0 Å². The highest BCUT2D eigenvalue weighted by atomic mass is 19.1. The SMILES string of the molecule is CC1(O)CCN(CC(=O)Nc2ccccc2F)C1. The molecule has 0 aliphatic carbocycles. The number of carbonyl (C=O) groups is 1. The van der Waals surface area contributed by atoms with Gasteiger partial charge in [-0.25, -0.2) is 4.39 Å². The molecule has 0 radical (unpaired) electrons. The van der Waals surface area contributed by atoms with Crippen LogP contribution in [0.5, 0.6) is 0 Å². The molecule has 1 aromatic rings. The van der Waals surface area contributed by atoms with Gasteiger partial charge in [-0.05, 0) is 25.5 Å². The van der Waals surface area contributed by atoms with Gasteiger partial charge in [0.25, 0.3) is 0 Å². The van der Waals surface area contributed by atoms with Crippen LogP contribution in [0, 0.1) is 5.82 Å². The van der Waals surface area contributed by atoms with Gasteiger partial charge >= 0.3 is 0 Å². The molecular weight excluding hydrogens is 235 g/mol. The first-order valence-corrected chi connectivity index (χ1v) is 5.95. The number of carbonyl (C=O) groups excluding carboxylic acids is 1. The highest BCUT2D eigenvalue weighted by molar-refractivity contribution is 5.92. The second-order valence-electron chi connectivity index (χ2n) is 4.99. The molecule has 1 saturated heterocycles. The third-order valence-electron chi connectivity index (χ3n) is 3.05. The standard InChI is InChI=1S/C13H17FN2O2/c1-13(18)6-7-16(9-13)8-12(17)15-11-5-3-2-4-10(11)14/h2-5,18H,6-9H2,1H3,(H,15,17). The maximum atomic E-state index is 13.3. The maximum absolute atomic E-state index is 13.3. The fraction of sp³-hybridized carbons (Fsp3) is 0.462. The Hall–Kier alpha value is -1.46. The number of β-amino-alcohol motifs (C(OH)–C–C–N with tert-alkyl or cyclic N) is 1. The lowest BCUT2D eigenvalue weighted by molar-refractivity contribution is -0.117. The van der Waals surface area contributed by atoms with Crippen LogP contribution >= 0.6 is 0 Å². The Balaban J connectivity index is 1.88. The largest absolute Gasteiger partial charge is 0.389 e. The number of benzene rings is 1. The molecule has 1 amide bonds. The quantitative estimate of drug-likeness (QED) is 0.850. The fourth-order valence-corrected chi connectivity index (χ4v) is 2.13. The summed E-state index contributed by atoms with van der Waals surface area (Å²) in [6.45, 7) is 3.07. The molecule has 0 saturated carbocycles. The molecule has 1 fully saturated rings. The number of rotatable bonds is 3. The van der Waals surface area contributed by atoms with Crippen molar-refractivity contribution in [2.45, 2.75) is 18.9 Å². The van der Waals surface area contributed by atoms with Crippen LogP contribution in [0.3, 0.4) is 0 Å². The summed E-state index contributed by atoms with van der Waals surface area (Å²) in [6, 6.07) is 6.06. The first kappa shape index (κ1) is 13.0. The zero-order chi connectivity index (χ0) is 13.2. The summed E-state index contributed by atoms with van der Waals surface area (Å²) >= 11 is 0. The zero-order valence-corrected chi connectivity index (χ0v) is 10.3. The predicted octanol–water partition coefficient (Wildman–Crippen LogP) is 1.22. The first-order chi connectivity index (χ1) is 8.46. The summed E-state index contributed by atoms with van der Waals surface area (Å²) in [4.78, 5) is 13.6. The van der Waals surface area contributed by atoms with Crippen molar-refractivity contribution in [2.75, 3.05) is 25.0 Å². The molecule has 1 atom stereocenters. The van der Waals surface area contributed by atoms with Crippen LogP contribution in [0.2, 0.25) is 0 Å². The Morgan fingerprint density at radius 2 is 2.28 bits per heavy atom. The zero-order valence-electron chi connectivity index (χ0n) is 10.3. The third kappa shape index (κ3) is 3.27. The Labute approximate surface area is 105 Å². The molecule has 0 bridgehead atoms. The smallest absolute Gasteiger partial charge is 0.238 e. The van der Waals surface area contributed by atoms with Crippen molar-refractivity contribution < 1.29 is 14.3 Å². The summed E-state index contributed by atoms with van der Waals surface area (Å²) in [6.07, 6.45) is 0.653. The highest BCUT2D eigenvalue weighted by Crippen LogP contribution is 2.20. The summed E-state index contributed by atoms with van der Waals surface area (Å²) in [5, 5.41) is 12.3. The van der Waals surface area contributed by atoms with E-state index in [0.29, 0.717) is 19.5 Å². The van der Waals surface area contributed by atoms with Crippen molar-refractivity contribution >= 4 is 11.6 Å². The molecule has 1 aromatic carbocycles. The van der Waals surface area contributed by atoms with E-state index in [0.717, 1.165) is 0 Å². The van der Waals surface area contributed by atoms with E-state index in [1.807, 2.05) is 4.90 Å². The van der Waals surface area contributed by atoms with Gasteiger partial charge in [0.2, 0.25) is 5.91 Å². The summed E-state index contributed by atoms with van der Waals surface area (Å²) < 4.78 is 13.3. The molecule has 2 rings (SSSR count). The van der Waals surface area contributed by atoms with E-state index in [-0.39, 0.29) is 18.1 Å². The molecule has 2 N–H and O–H groups in total. The van der Waals surface area contributed by atoms with E-state index in [4.69, 9.17) is 0 Å². The first-order valence-electron chi connectivity index (χ1n) is 5.95. The molecular formula is C13H17FN2O2. The minimum Gasteiger partial charge on any atom is -0.389 e. The van der Waals surface area contributed by atoms with Gasteiger partial charge in [0.1, 0.15) is 5.82 Å². The van der Waals surface area contributed by atoms with Crippen LogP contribution in [0.1, 0.15) is 13.3 Å². The Kier molecular flexibility index (Phi) is 3.63. The minimum atomic E-state index is -0.724. The third-order valence-corrected chi connectivity index (χ3v) is 3.05. The Morgan fingerprint density at radius 3 is 2.89 bits per heavy atom. The topological polar surface area (TPSA) is 52.6 Å². The number of para-hydroxylation sites is 1. The Bertz CT molecular complexity index is 448. The van der Waals surface area contributed by atoms with Crippen LogP contribution in [0.4, 0.5) is 10.1 Å². The molecule has 0 spiro atoms. The number of hydrogen-bond acceptors (Lipinski definition) is 3. The number of likely N-dealkylation sites (tertiary alicyclic amines) is 1. The van der Waals surface area contributed by atoms with Crippen LogP contribution in [0.15, 0.2) is 24.3 Å². The lowest BCUT2D eigenvalue weighted by Crippen LogP contribution is -2.35. The second-order valence-corrected chi connectivity index (χ2v) is 4.99. The van der Waals surface area contributed by atoms with Crippen molar-refractivity contribution in [1.29, 1.82) is 0 Å². The Morgan fingerprint density at radius 1 is 1.56 bits per heavy atom. The molecule has 4 nitrogen and oxygen atoms in total. The monoisotopic (exact) mass is 252 g/mol. The number of amides is 1. The number of hydrogen-bond donors (Lipinski definition) is 2. The maximum Gasteiger partial charge on any atom is 0.238 e. The molecule has 1 aliphatic rings. The fourth-order valence-electron chi connectivity index (χ4n) is 2.13. The molecule has 5 heteroatoms. The number of halogens is 1. The van der Waals surface area contributed by atoms with Gasteiger partial charge in [0.05, 0.1) is 17.8 Å². The number of aliphatic hydroxyl groups is 1. The van der Waals surface area contributed by atoms with Crippen molar-refractivity contribution in [1.82, 2.24) is 4.90 Å². The summed E-state index contributed by atoms with van der Waals surface area (Å²) in [7, 11) is 0. The van der Waals surface area contributed by atoms with Crippen LogP contribution in [-0.2, 0) is 4.79 Å². The molecule has 0 aromatic heterocycles. The molecule has 18 heavy (non-hydrogen) atoms. The molecule has 1 heterocycles. The highest BCUT2D eigenvalue weighted by Gasteiger charge is 2.32. The van der Waals surface area contributed by atoms with Crippen molar-refractivity contribution in [2.24, 2.45) is 0 Å². The average Bonchev–Trinajstić information content (AvgIpc) is 2.61. The summed E-state index contributed by atoms with van der Waals surface area (Å²) in [5.74, 6) is -0.711. The lowest BCUT2D eigenvalue weighted by Gasteiger charge is -2.18. The van der Waals surface area contributed by atoms with E-state index >= 15 is 0 Å². The lowest BCUT2D eigenvalue weighted by atomic mass is 10.1. The normalized spacial score (nSPS) is 24.2. The van der Waals surface area contributed by atoms with Crippen LogP contribution in [0.25, 0.3) is 0 Å². The van der Waals surface area contributed by atoms with E-state index in [9.17, 15) is 14.3 Å². The van der Waals surface area contributed by atoms with Crippen molar-refractivity contribution in [3.05, 3.63) is 30.1 Å². The van der Waals surface area contributed by atoms with Crippen LogP contribution < -0.4 is 5.32 Å². The number of nitrogens with zero attached hydrogens (tertiary/aromatic N) is 1. The van der Waals surface area contributed by atoms with Gasteiger partial charge < -0.3 is 10.4 Å². The molecule has 98 valence electrons. The van der Waals surface area contributed by atoms with Crippen LogP contribution in [-0.4, -0.2) is 41.1 Å². The van der Waals surface area contributed by atoms with E-state index < -0.39 is 11.4 Å². The molecule has 1 unspecified atom stereocenters. The average molecular weight is 252 g/mol. The van der Waals surface area contributed by atoms with Crippen molar-refractivity contribution in [3.63, 3.8) is 0 Å². The van der Waals surface area contributed by atoms with Gasteiger partial charge in [-0.15, -0.1) is 0 Å². The number of nitrogens with one attached hydrogen (secondary N) is 1. The number of anilines is 1. The van der Waals surface area contributed by atoms with E-state index in [1.165, 1.54) is 12.1 Å². The van der Waals surface area contributed by atoms with Gasteiger partial charge in [0.15, 0.2) is 0 Å².